The Morgan fingerprint density at radius 2 is 2.20 bits per heavy atom. The Hall–Kier alpha value is -0.810. The van der Waals surface area contributed by atoms with E-state index in [1.54, 1.807) is 0 Å². The van der Waals surface area contributed by atoms with Gasteiger partial charge in [-0.25, -0.2) is 4.79 Å². The summed E-state index contributed by atoms with van der Waals surface area (Å²) in [5.74, 6) is 0. The molecule has 1 fully saturated rings. The number of hydrogen-bond acceptors (Lipinski definition) is 4. The van der Waals surface area contributed by atoms with Crippen LogP contribution in [-0.2, 0) is 9.47 Å². The summed E-state index contributed by atoms with van der Waals surface area (Å²) in [5.41, 5.74) is 5.32. The molecule has 0 aromatic heterocycles. The number of hydrogen-bond donors (Lipinski definition) is 2. The Morgan fingerprint density at radius 3 is 2.73 bits per heavy atom. The summed E-state index contributed by atoms with van der Waals surface area (Å²) >= 11 is 0. The summed E-state index contributed by atoms with van der Waals surface area (Å²) in [4.78, 5) is 11.4. The number of ether oxygens (including phenoxy) is 2. The number of alkyl carbamates (subject to hydrolysis) is 1. The third-order valence-electron chi connectivity index (χ3n) is 2.10. The zero-order chi connectivity index (χ0) is 11.5. The fourth-order valence-corrected chi connectivity index (χ4v) is 1.40. The molecule has 5 nitrogen and oxygen atoms in total. The highest BCUT2D eigenvalue weighted by Crippen LogP contribution is 2.09. The third kappa shape index (κ3) is 4.48. The van der Waals surface area contributed by atoms with Crippen LogP contribution in [0.4, 0.5) is 4.79 Å². The van der Waals surface area contributed by atoms with Crippen LogP contribution in [0.5, 0.6) is 0 Å². The van der Waals surface area contributed by atoms with Gasteiger partial charge in [-0.15, -0.1) is 0 Å². The highest BCUT2D eigenvalue weighted by atomic mass is 16.6. The first-order valence-corrected chi connectivity index (χ1v) is 5.21. The highest BCUT2D eigenvalue weighted by Gasteiger charge is 2.26. The molecule has 0 spiro atoms. The first-order valence-electron chi connectivity index (χ1n) is 5.21. The van der Waals surface area contributed by atoms with Gasteiger partial charge in [-0.3, -0.25) is 0 Å². The van der Waals surface area contributed by atoms with Crippen molar-refractivity contribution < 1.29 is 14.3 Å². The molecule has 1 aliphatic heterocycles. The van der Waals surface area contributed by atoms with Gasteiger partial charge in [0.25, 0.3) is 0 Å². The molecule has 0 aliphatic carbocycles. The molecule has 0 saturated carbocycles. The molecule has 0 unspecified atom stereocenters. The second kappa shape index (κ2) is 4.81. The molecule has 0 bridgehead atoms. The summed E-state index contributed by atoms with van der Waals surface area (Å²) in [6.45, 7) is 6.61. The molecule has 1 rings (SSSR count). The van der Waals surface area contributed by atoms with Gasteiger partial charge in [0.2, 0.25) is 0 Å². The Balaban J connectivity index is 2.36. The largest absolute Gasteiger partial charge is 0.444 e. The van der Waals surface area contributed by atoms with Crippen LogP contribution in [-0.4, -0.2) is 37.0 Å². The van der Waals surface area contributed by atoms with Gasteiger partial charge in [-0.2, -0.15) is 0 Å². The standard InChI is InChI=1S/C10H20N2O3/c1-10(2,3)15-9(13)12-8-4-5-14-6-7(8)11/h7-8H,4-6,11H2,1-3H3,(H,12,13)/t7-,8-/m1/s1. The smallest absolute Gasteiger partial charge is 0.407 e. The fourth-order valence-electron chi connectivity index (χ4n) is 1.40. The molecule has 5 heteroatoms. The zero-order valence-electron chi connectivity index (χ0n) is 9.58. The third-order valence-corrected chi connectivity index (χ3v) is 2.10. The quantitative estimate of drug-likeness (QED) is 0.674. The topological polar surface area (TPSA) is 73.6 Å². The SMILES string of the molecule is CC(C)(C)OC(=O)N[C@@H]1CCOC[C@H]1N. The van der Waals surface area contributed by atoms with E-state index in [2.05, 4.69) is 5.32 Å². The summed E-state index contributed by atoms with van der Waals surface area (Å²) in [5, 5.41) is 2.76. The van der Waals surface area contributed by atoms with Gasteiger partial charge in [0.1, 0.15) is 5.60 Å². The van der Waals surface area contributed by atoms with Gasteiger partial charge < -0.3 is 20.5 Å². The van der Waals surface area contributed by atoms with Crippen molar-refractivity contribution in [3.63, 3.8) is 0 Å². The van der Waals surface area contributed by atoms with Crippen molar-refractivity contribution in [3.05, 3.63) is 0 Å². The molecule has 3 N–H and O–H groups in total. The molecule has 2 atom stereocenters. The number of nitrogens with two attached hydrogens (primary N) is 1. The number of nitrogens with one attached hydrogen (secondary N) is 1. The van der Waals surface area contributed by atoms with E-state index >= 15 is 0 Å². The van der Waals surface area contributed by atoms with E-state index in [-0.39, 0.29) is 12.1 Å². The van der Waals surface area contributed by atoms with E-state index in [9.17, 15) is 4.79 Å². The molecule has 0 aromatic rings. The predicted octanol–water partition coefficient (Wildman–Crippen LogP) is 0.627. The average molecular weight is 216 g/mol. The van der Waals surface area contributed by atoms with E-state index < -0.39 is 11.7 Å². The maximum Gasteiger partial charge on any atom is 0.407 e. The monoisotopic (exact) mass is 216 g/mol. The van der Waals surface area contributed by atoms with Crippen molar-refractivity contribution in [3.8, 4) is 0 Å². The number of carbonyl (C=O) groups is 1. The Bertz CT molecular complexity index is 225. The van der Waals surface area contributed by atoms with Crippen LogP contribution in [0.15, 0.2) is 0 Å². The Labute approximate surface area is 90.3 Å². The molecule has 15 heavy (non-hydrogen) atoms. The molecule has 88 valence electrons. The molecule has 1 saturated heterocycles. The van der Waals surface area contributed by atoms with E-state index in [4.69, 9.17) is 15.2 Å². The van der Waals surface area contributed by atoms with Crippen LogP contribution in [0.3, 0.4) is 0 Å². The van der Waals surface area contributed by atoms with Crippen molar-refractivity contribution in [2.45, 2.75) is 44.9 Å². The van der Waals surface area contributed by atoms with Crippen LogP contribution in [0, 0.1) is 0 Å². The Morgan fingerprint density at radius 1 is 1.53 bits per heavy atom. The number of carbonyl (C=O) groups excluding carboxylic acids is 1. The first-order chi connectivity index (χ1) is 6.88. The molecule has 0 radical (unpaired) electrons. The van der Waals surface area contributed by atoms with Crippen molar-refractivity contribution in [2.24, 2.45) is 5.73 Å². The number of amides is 1. The lowest BCUT2D eigenvalue weighted by Gasteiger charge is -2.30. The minimum absolute atomic E-state index is 0.0476. The van der Waals surface area contributed by atoms with Gasteiger partial charge in [-0.1, -0.05) is 0 Å². The predicted molar refractivity (Wildman–Crippen MR) is 56.6 cm³/mol. The van der Waals surface area contributed by atoms with Crippen molar-refractivity contribution in [2.75, 3.05) is 13.2 Å². The number of rotatable bonds is 1. The molecule has 1 amide bonds. The summed E-state index contributed by atoms with van der Waals surface area (Å²) in [6, 6.07) is -0.195. The summed E-state index contributed by atoms with van der Waals surface area (Å²) in [6.07, 6.45) is 0.324. The van der Waals surface area contributed by atoms with E-state index in [0.717, 1.165) is 6.42 Å². The first kappa shape index (κ1) is 12.3. The van der Waals surface area contributed by atoms with Crippen LogP contribution in [0.1, 0.15) is 27.2 Å². The average Bonchev–Trinajstić information content (AvgIpc) is 2.05. The highest BCUT2D eigenvalue weighted by molar-refractivity contribution is 5.68. The molecular formula is C10H20N2O3. The van der Waals surface area contributed by atoms with E-state index in [1.807, 2.05) is 20.8 Å². The zero-order valence-corrected chi connectivity index (χ0v) is 9.58. The second-order valence-electron chi connectivity index (χ2n) is 4.78. The van der Waals surface area contributed by atoms with Crippen LogP contribution in [0.2, 0.25) is 0 Å². The van der Waals surface area contributed by atoms with E-state index in [1.165, 1.54) is 0 Å². The normalized spacial score (nSPS) is 27.2. The van der Waals surface area contributed by atoms with Gasteiger partial charge >= 0.3 is 6.09 Å². The van der Waals surface area contributed by atoms with Crippen LogP contribution >= 0.6 is 0 Å². The molecular weight excluding hydrogens is 196 g/mol. The lowest BCUT2D eigenvalue weighted by molar-refractivity contribution is 0.0342. The fraction of sp³-hybridized carbons (Fsp3) is 0.900. The minimum Gasteiger partial charge on any atom is -0.444 e. The van der Waals surface area contributed by atoms with Gasteiger partial charge in [0, 0.05) is 12.6 Å². The maximum absolute atomic E-state index is 11.4. The molecule has 0 aromatic carbocycles. The van der Waals surface area contributed by atoms with Crippen molar-refractivity contribution in [1.29, 1.82) is 0 Å². The van der Waals surface area contributed by atoms with Gasteiger partial charge in [0.15, 0.2) is 0 Å². The van der Waals surface area contributed by atoms with Crippen LogP contribution in [0.25, 0.3) is 0 Å². The van der Waals surface area contributed by atoms with Gasteiger partial charge in [0.05, 0.1) is 12.6 Å². The van der Waals surface area contributed by atoms with Gasteiger partial charge in [-0.05, 0) is 27.2 Å². The van der Waals surface area contributed by atoms with Crippen LogP contribution < -0.4 is 11.1 Å². The van der Waals surface area contributed by atoms with Crippen molar-refractivity contribution >= 4 is 6.09 Å². The van der Waals surface area contributed by atoms with E-state index in [0.29, 0.717) is 13.2 Å². The second-order valence-corrected chi connectivity index (χ2v) is 4.78. The summed E-state index contributed by atoms with van der Waals surface area (Å²) < 4.78 is 10.3. The lowest BCUT2D eigenvalue weighted by Crippen LogP contribution is -2.53. The lowest BCUT2D eigenvalue weighted by atomic mass is 10.1. The molecule has 1 heterocycles. The summed E-state index contributed by atoms with van der Waals surface area (Å²) in [7, 11) is 0. The molecule has 1 aliphatic rings. The Kier molecular flexibility index (Phi) is 3.93. The van der Waals surface area contributed by atoms with Crippen molar-refractivity contribution in [1.82, 2.24) is 5.32 Å². The minimum atomic E-state index is -0.473. The maximum atomic E-state index is 11.4.